The summed E-state index contributed by atoms with van der Waals surface area (Å²) in [7, 11) is 3.23. The summed E-state index contributed by atoms with van der Waals surface area (Å²) in [6.45, 7) is 0.259. The van der Waals surface area contributed by atoms with Gasteiger partial charge in [-0.3, -0.25) is 14.5 Å². The van der Waals surface area contributed by atoms with E-state index in [9.17, 15) is 24.2 Å². The Hall–Kier alpha value is -2.93. The van der Waals surface area contributed by atoms with E-state index in [1.807, 2.05) is 0 Å². The maximum atomic E-state index is 14.4. The van der Waals surface area contributed by atoms with E-state index in [0.717, 1.165) is 5.56 Å². The van der Waals surface area contributed by atoms with Crippen LogP contribution < -0.4 is 0 Å². The SMILES string of the molecule is CN(Cc1cccc(O)c1)C(=O)[C@@H]1C[C@H](C(=O)O)N(C)[C@@H]1c1ccccc1F. The summed E-state index contributed by atoms with van der Waals surface area (Å²) in [4.78, 5) is 27.9. The molecule has 0 unspecified atom stereocenters. The van der Waals surface area contributed by atoms with Gasteiger partial charge in [-0.25, -0.2) is 4.39 Å². The highest BCUT2D eigenvalue weighted by atomic mass is 19.1. The maximum Gasteiger partial charge on any atom is 0.320 e. The number of rotatable bonds is 5. The number of carboxylic acids is 1. The van der Waals surface area contributed by atoms with Crippen molar-refractivity contribution in [1.82, 2.24) is 9.80 Å². The minimum atomic E-state index is -1.03. The second-order valence-corrected chi connectivity index (χ2v) is 7.19. The summed E-state index contributed by atoms with van der Waals surface area (Å²) in [6.07, 6.45) is 0.105. The van der Waals surface area contributed by atoms with E-state index in [0.29, 0.717) is 5.56 Å². The number of phenolic OH excluding ortho intramolecular Hbond substituents is 1. The van der Waals surface area contributed by atoms with Crippen LogP contribution in [0.25, 0.3) is 0 Å². The van der Waals surface area contributed by atoms with Crippen LogP contribution in [0.15, 0.2) is 48.5 Å². The largest absolute Gasteiger partial charge is 0.508 e. The molecule has 1 saturated heterocycles. The zero-order chi connectivity index (χ0) is 20.4. The minimum Gasteiger partial charge on any atom is -0.508 e. The number of aromatic hydroxyl groups is 1. The Morgan fingerprint density at radius 1 is 1.21 bits per heavy atom. The topological polar surface area (TPSA) is 81.1 Å². The zero-order valence-corrected chi connectivity index (χ0v) is 15.7. The first-order valence-electron chi connectivity index (χ1n) is 9.01. The van der Waals surface area contributed by atoms with Crippen LogP contribution in [0.3, 0.4) is 0 Å². The quantitative estimate of drug-likeness (QED) is 0.826. The smallest absolute Gasteiger partial charge is 0.320 e. The first-order valence-corrected chi connectivity index (χ1v) is 9.01. The summed E-state index contributed by atoms with van der Waals surface area (Å²) < 4.78 is 14.4. The van der Waals surface area contributed by atoms with Gasteiger partial charge in [0.15, 0.2) is 0 Å². The summed E-state index contributed by atoms with van der Waals surface area (Å²) in [6, 6.07) is 11.2. The third kappa shape index (κ3) is 3.84. The molecule has 28 heavy (non-hydrogen) atoms. The number of hydrogen-bond donors (Lipinski definition) is 2. The van der Waals surface area contributed by atoms with E-state index in [1.165, 1.54) is 11.0 Å². The first kappa shape index (κ1) is 19.8. The lowest BCUT2D eigenvalue weighted by Gasteiger charge is -2.29. The molecule has 6 nitrogen and oxygen atoms in total. The number of hydrogen-bond acceptors (Lipinski definition) is 4. The Kier molecular flexibility index (Phi) is 5.65. The van der Waals surface area contributed by atoms with Crippen molar-refractivity contribution >= 4 is 11.9 Å². The molecule has 3 atom stereocenters. The van der Waals surface area contributed by atoms with Crippen molar-refractivity contribution in [2.45, 2.75) is 25.0 Å². The Balaban J connectivity index is 1.89. The summed E-state index contributed by atoms with van der Waals surface area (Å²) >= 11 is 0. The average molecular weight is 386 g/mol. The van der Waals surface area contributed by atoms with Crippen LogP contribution in [-0.4, -0.2) is 52.0 Å². The molecule has 2 aromatic rings. The van der Waals surface area contributed by atoms with Gasteiger partial charge in [0.25, 0.3) is 0 Å². The van der Waals surface area contributed by atoms with E-state index < -0.39 is 29.8 Å². The summed E-state index contributed by atoms with van der Waals surface area (Å²) in [5.74, 6) is -2.33. The first-order chi connectivity index (χ1) is 13.3. The van der Waals surface area contributed by atoms with Gasteiger partial charge in [-0.05, 0) is 37.2 Å². The second kappa shape index (κ2) is 7.98. The van der Waals surface area contributed by atoms with Crippen LogP contribution in [0.4, 0.5) is 4.39 Å². The van der Waals surface area contributed by atoms with Gasteiger partial charge in [-0.15, -0.1) is 0 Å². The molecule has 1 aliphatic heterocycles. The van der Waals surface area contributed by atoms with E-state index in [2.05, 4.69) is 0 Å². The molecule has 2 N–H and O–H groups in total. The zero-order valence-electron chi connectivity index (χ0n) is 15.7. The number of carbonyl (C=O) groups is 2. The van der Waals surface area contributed by atoms with Crippen LogP contribution in [0.1, 0.15) is 23.6 Å². The van der Waals surface area contributed by atoms with Gasteiger partial charge in [-0.1, -0.05) is 30.3 Å². The van der Waals surface area contributed by atoms with Gasteiger partial charge in [0.2, 0.25) is 5.91 Å². The van der Waals surface area contributed by atoms with Crippen molar-refractivity contribution in [1.29, 1.82) is 0 Å². The molecule has 0 aromatic heterocycles. The second-order valence-electron chi connectivity index (χ2n) is 7.19. The molecule has 0 bridgehead atoms. The van der Waals surface area contributed by atoms with Gasteiger partial charge in [0, 0.05) is 25.2 Å². The predicted octanol–water partition coefficient (Wildman–Crippen LogP) is 2.64. The van der Waals surface area contributed by atoms with Crippen LogP contribution in [-0.2, 0) is 16.1 Å². The molecule has 0 aliphatic carbocycles. The van der Waals surface area contributed by atoms with Gasteiger partial charge < -0.3 is 15.1 Å². The Labute approximate surface area is 162 Å². The number of benzene rings is 2. The lowest BCUT2D eigenvalue weighted by atomic mass is 9.91. The monoisotopic (exact) mass is 386 g/mol. The number of phenols is 1. The molecule has 0 radical (unpaired) electrons. The molecule has 7 heteroatoms. The van der Waals surface area contributed by atoms with Crippen molar-refractivity contribution in [2.24, 2.45) is 5.92 Å². The Morgan fingerprint density at radius 3 is 2.57 bits per heavy atom. The molecule has 3 rings (SSSR count). The lowest BCUT2D eigenvalue weighted by Crippen LogP contribution is -2.37. The summed E-state index contributed by atoms with van der Waals surface area (Å²) in [5, 5.41) is 19.1. The summed E-state index contributed by atoms with van der Waals surface area (Å²) in [5.41, 5.74) is 1.07. The normalized spacial score (nSPS) is 22.2. The standard InChI is InChI=1S/C21H23FN2O4/c1-23(12-13-6-5-7-14(25)10-13)20(26)16-11-18(21(27)28)24(2)19(16)15-8-3-4-9-17(15)22/h3-10,16,18-19,25H,11-12H2,1-2H3,(H,27,28)/t16-,18-,19-/m1/s1. The van der Waals surface area contributed by atoms with Gasteiger partial charge >= 0.3 is 5.97 Å². The third-order valence-electron chi connectivity index (χ3n) is 5.32. The minimum absolute atomic E-state index is 0.105. The van der Waals surface area contributed by atoms with Gasteiger partial charge in [-0.2, -0.15) is 0 Å². The van der Waals surface area contributed by atoms with E-state index in [-0.39, 0.29) is 24.6 Å². The molecule has 2 aromatic carbocycles. The Morgan fingerprint density at radius 2 is 1.93 bits per heavy atom. The predicted molar refractivity (Wildman–Crippen MR) is 101 cm³/mol. The molecule has 148 valence electrons. The van der Waals surface area contributed by atoms with Crippen LogP contribution in [0.2, 0.25) is 0 Å². The number of likely N-dealkylation sites (tertiary alicyclic amines) is 1. The average Bonchev–Trinajstić information content (AvgIpc) is 2.99. The van der Waals surface area contributed by atoms with Crippen molar-refractivity contribution in [3.05, 3.63) is 65.5 Å². The fourth-order valence-electron chi connectivity index (χ4n) is 3.97. The Bertz CT molecular complexity index is 888. The highest BCUT2D eigenvalue weighted by Gasteiger charge is 2.48. The molecule has 0 saturated carbocycles. The van der Waals surface area contributed by atoms with Gasteiger partial charge in [0.05, 0.1) is 5.92 Å². The van der Waals surface area contributed by atoms with Gasteiger partial charge in [0.1, 0.15) is 17.6 Å². The molecule has 1 heterocycles. The molecular weight excluding hydrogens is 363 g/mol. The van der Waals surface area contributed by atoms with Crippen LogP contribution in [0.5, 0.6) is 5.75 Å². The van der Waals surface area contributed by atoms with Crippen molar-refractivity contribution < 1.29 is 24.2 Å². The number of carbonyl (C=O) groups excluding carboxylic acids is 1. The van der Waals surface area contributed by atoms with Crippen molar-refractivity contribution in [2.75, 3.05) is 14.1 Å². The third-order valence-corrected chi connectivity index (χ3v) is 5.32. The van der Waals surface area contributed by atoms with Crippen LogP contribution >= 0.6 is 0 Å². The lowest BCUT2D eigenvalue weighted by molar-refractivity contribution is -0.142. The number of likely N-dealkylation sites (N-methyl/N-ethyl adjacent to an activating group) is 1. The number of amides is 1. The number of carboxylic acid groups (broad SMARTS) is 1. The fourth-order valence-corrected chi connectivity index (χ4v) is 3.97. The molecule has 1 amide bonds. The molecule has 1 aliphatic rings. The number of aliphatic carboxylic acids is 1. The fraction of sp³-hybridized carbons (Fsp3) is 0.333. The number of nitrogens with zero attached hydrogens (tertiary/aromatic N) is 2. The van der Waals surface area contributed by atoms with Crippen molar-refractivity contribution in [3.63, 3.8) is 0 Å². The van der Waals surface area contributed by atoms with E-state index >= 15 is 0 Å². The van der Waals surface area contributed by atoms with E-state index in [4.69, 9.17) is 0 Å². The highest BCUT2D eigenvalue weighted by molar-refractivity contribution is 5.83. The molecule has 1 fully saturated rings. The maximum absolute atomic E-state index is 14.4. The highest BCUT2D eigenvalue weighted by Crippen LogP contribution is 2.41. The van der Waals surface area contributed by atoms with E-state index in [1.54, 1.807) is 61.5 Å². The van der Waals surface area contributed by atoms with Crippen molar-refractivity contribution in [3.8, 4) is 5.75 Å². The number of halogens is 1. The van der Waals surface area contributed by atoms with Crippen LogP contribution in [0, 0.1) is 11.7 Å². The molecular formula is C21H23FN2O4. The molecule has 0 spiro atoms.